The predicted molar refractivity (Wildman–Crippen MR) is 40.6 cm³/mol. The van der Waals surface area contributed by atoms with Gasteiger partial charge in [0.2, 0.25) is 0 Å². The zero-order valence-electron chi connectivity index (χ0n) is 5.99. The van der Waals surface area contributed by atoms with Crippen molar-refractivity contribution in [2.24, 2.45) is 0 Å². The summed E-state index contributed by atoms with van der Waals surface area (Å²) in [4.78, 5) is 4.15. The van der Waals surface area contributed by atoms with E-state index in [4.69, 9.17) is 0 Å². The van der Waals surface area contributed by atoms with Crippen LogP contribution in [0, 0.1) is 6.07 Å². The predicted octanol–water partition coefficient (Wildman–Crippen LogP) is 2.03. The Morgan fingerprint density at radius 1 is 1.27 bits per heavy atom. The quantitative estimate of drug-likeness (QED) is 0.615. The number of hydrogen-bond acceptors (Lipinski definition) is 1. The van der Waals surface area contributed by atoms with Crippen LogP contribution in [0.1, 0.15) is 0 Å². The van der Waals surface area contributed by atoms with Gasteiger partial charge in [-0.2, -0.15) is 24.3 Å². The summed E-state index contributed by atoms with van der Waals surface area (Å²) in [6, 6.07) is 12.7. The van der Waals surface area contributed by atoms with E-state index in [1.54, 1.807) is 6.20 Å². The molecule has 1 radical (unpaired) electrons. The Morgan fingerprint density at radius 2 is 2.18 bits per heavy atom. The molecule has 0 atom stereocenters. The molecule has 0 amide bonds. The Kier molecular flexibility index (Phi) is 3.16. The van der Waals surface area contributed by atoms with E-state index in [2.05, 4.69) is 11.1 Å². The molecule has 0 aliphatic heterocycles. The molecule has 1 nitrogen and oxygen atoms in total. The number of rotatable bonds is 0. The van der Waals surface area contributed by atoms with Gasteiger partial charge in [-0.25, -0.2) is 0 Å². The Bertz CT molecular complexity index is 281. The van der Waals surface area contributed by atoms with Crippen LogP contribution in [0.2, 0.25) is 0 Å². The second kappa shape index (κ2) is 3.94. The molecule has 0 N–H and O–H groups in total. The molecule has 2 aromatic rings. The van der Waals surface area contributed by atoms with Crippen LogP contribution in [-0.4, -0.2) is 4.98 Å². The van der Waals surface area contributed by atoms with Crippen LogP contribution in [0.15, 0.2) is 36.5 Å². The van der Waals surface area contributed by atoms with E-state index in [0.29, 0.717) is 0 Å². The normalized spacial score (nSPS) is 9.09. The van der Waals surface area contributed by atoms with Gasteiger partial charge in [0.25, 0.3) is 0 Å². The summed E-state index contributed by atoms with van der Waals surface area (Å²) in [6.45, 7) is 0. The van der Waals surface area contributed by atoms with E-state index in [0.717, 1.165) is 5.52 Å². The molecule has 2 heteroatoms. The van der Waals surface area contributed by atoms with Crippen molar-refractivity contribution in [1.82, 2.24) is 4.98 Å². The number of benzene rings is 1. The minimum atomic E-state index is 0. The van der Waals surface area contributed by atoms with Crippen LogP contribution in [0.25, 0.3) is 10.9 Å². The van der Waals surface area contributed by atoms with Gasteiger partial charge in [0.05, 0.1) is 0 Å². The van der Waals surface area contributed by atoms with E-state index in [1.807, 2.05) is 30.3 Å². The minimum Gasteiger partial charge on any atom is -0.321 e. The van der Waals surface area contributed by atoms with E-state index in [1.165, 1.54) is 5.39 Å². The smallest absolute Gasteiger partial charge is 0.0124 e. The fourth-order valence-corrected chi connectivity index (χ4v) is 0.956. The molecule has 51 valence electrons. The topological polar surface area (TPSA) is 12.9 Å². The second-order valence-electron chi connectivity index (χ2n) is 2.12. The van der Waals surface area contributed by atoms with Crippen molar-refractivity contribution in [2.75, 3.05) is 0 Å². The molecule has 0 aliphatic rings. The standard InChI is InChI=1S/C9H6N.Y/c1-2-6-9-8(4-1)5-3-7-10-9;/h1,3-7H;/q-1;. The third kappa shape index (κ3) is 1.85. The Balaban J connectivity index is 0.000000605. The molecule has 1 heterocycles. The Morgan fingerprint density at radius 3 is 3.00 bits per heavy atom. The fraction of sp³-hybridized carbons (Fsp3) is 0. The maximum atomic E-state index is 4.15. The minimum absolute atomic E-state index is 0. The van der Waals surface area contributed by atoms with Gasteiger partial charge in [0, 0.05) is 38.9 Å². The third-order valence-corrected chi connectivity index (χ3v) is 1.45. The average molecular weight is 217 g/mol. The van der Waals surface area contributed by atoms with Gasteiger partial charge in [-0.15, -0.1) is 5.39 Å². The molecule has 0 fully saturated rings. The summed E-state index contributed by atoms with van der Waals surface area (Å²) in [7, 11) is 0. The molecule has 0 saturated carbocycles. The van der Waals surface area contributed by atoms with Crippen molar-refractivity contribution in [3.05, 3.63) is 42.6 Å². The first-order chi connectivity index (χ1) is 4.97. The number of aromatic nitrogens is 1. The second-order valence-corrected chi connectivity index (χ2v) is 2.12. The zero-order chi connectivity index (χ0) is 6.81. The first-order valence-corrected chi connectivity index (χ1v) is 3.18. The van der Waals surface area contributed by atoms with E-state index in [9.17, 15) is 0 Å². The number of fused-ring (bicyclic) bond motifs is 1. The van der Waals surface area contributed by atoms with Crippen molar-refractivity contribution >= 4 is 10.9 Å². The molecular formula is C9H6NY-. The van der Waals surface area contributed by atoms with Crippen molar-refractivity contribution in [3.63, 3.8) is 0 Å². The monoisotopic (exact) mass is 217 g/mol. The maximum Gasteiger partial charge on any atom is 0.0124 e. The van der Waals surface area contributed by atoms with Crippen molar-refractivity contribution in [2.45, 2.75) is 0 Å². The van der Waals surface area contributed by atoms with Gasteiger partial charge >= 0.3 is 0 Å². The van der Waals surface area contributed by atoms with Crippen LogP contribution >= 0.6 is 0 Å². The Hall–Kier alpha value is -0.266. The van der Waals surface area contributed by atoms with Gasteiger partial charge in [-0.1, -0.05) is 6.07 Å². The molecule has 11 heavy (non-hydrogen) atoms. The summed E-state index contributed by atoms with van der Waals surface area (Å²) in [6.07, 6.45) is 1.79. The van der Waals surface area contributed by atoms with Gasteiger partial charge < -0.3 is 4.98 Å². The van der Waals surface area contributed by atoms with E-state index < -0.39 is 0 Å². The van der Waals surface area contributed by atoms with E-state index in [-0.39, 0.29) is 32.7 Å². The third-order valence-electron chi connectivity index (χ3n) is 1.45. The molecule has 0 spiro atoms. The number of hydrogen-bond donors (Lipinski definition) is 0. The number of pyridine rings is 1. The molecule has 1 aromatic heterocycles. The van der Waals surface area contributed by atoms with Gasteiger partial charge in [-0.05, 0) is 11.6 Å². The molecule has 0 bridgehead atoms. The molecular weight excluding hydrogens is 211 g/mol. The molecule has 2 rings (SSSR count). The summed E-state index contributed by atoms with van der Waals surface area (Å²) >= 11 is 0. The van der Waals surface area contributed by atoms with Crippen molar-refractivity contribution in [1.29, 1.82) is 0 Å². The van der Waals surface area contributed by atoms with Crippen LogP contribution in [0.3, 0.4) is 0 Å². The van der Waals surface area contributed by atoms with E-state index >= 15 is 0 Å². The molecule has 0 saturated heterocycles. The molecule has 0 aliphatic carbocycles. The first kappa shape index (κ1) is 8.83. The number of nitrogens with zero attached hydrogens (tertiary/aromatic N) is 1. The maximum absolute atomic E-state index is 4.15. The fourth-order valence-electron chi connectivity index (χ4n) is 0.956. The summed E-state index contributed by atoms with van der Waals surface area (Å²) in [5, 5.41) is 1.17. The van der Waals surface area contributed by atoms with Crippen LogP contribution in [0.4, 0.5) is 0 Å². The molecule has 1 aromatic carbocycles. The van der Waals surface area contributed by atoms with Crippen molar-refractivity contribution < 1.29 is 32.7 Å². The van der Waals surface area contributed by atoms with Gasteiger partial charge in [0.1, 0.15) is 0 Å². The molecule has 0 unspecified atom stereocenters. The first-order valence-electron chi connectivity index (χ1n) is 3.18. The SMILES string of the molecule is [Y].[c-]1ccc2cccnc2c1. The van der Waals surface area contributed by atoms with Crippen LogP contribution in [-0.2, 0) is 32.7 Å². The largest absolute Gasteiger partial charge is 0.321 e. The summed E-state index contributed by atoms with van der Waals surface area (Å²) < 4.78 is 0. The summed E-state index contributed by atoms with van der Waals surface area (Å²) in [5.74, 6) is 0. The van der Waals surface area contributed by atoms with Gasteiger partial charge in [0.15, 0.2) is 0 Å². The van der Waals surface area contributed by atoms with Gasteiger partial charge in [-0.3, -0.25) is 0 Å². The van der Waals surface area contributed by atoms with Crippen LogP contribution < -0.4 is 0 Å². The average Bonchev–Trinajstić information content (AvgIpc) is 2.05. The zero-order valence-corrected chi connectivity index (χ0v) is 8.83. The van der Waals surface area contributed by atoms with Crippen LogP contribution in [0.5, 0.6) is 0 Å². The van der Waals surface area contributed by atoms with Crippen molar-refractivity contribution in [3.8, 4) is 0 Å². The Labute approximate surface area is 90.7 Å². The summed E-state index contributed by atoms with van der Waals surface area (Å²) in [5.41, 5.74) is 1.00.